The second-order valence-electron chi connectivity index (χ2n) is 3.92. The second-order valence-corrected chi connectivity index (χ2v) is 8.30. The topological polar surface area (TPSA) is 98.8 Å². The smallest absolute Gasteiger partial charge is 0.265 e. The molecule has 21 heavy (non-hydrogen) atoms. The molecule has 0 amide bonds. The molecule has 1 rings (SSSR count). The lowest BCUT2D eigenvalue weighted by Crippen LogP contribution is -2.20. The third-order valence-corrected chi connectivity index (χ3v) is 4.99. The summed E-state index contributed by atoms with van der Waals surface area (Å²) in [6, 6.07) is 3.79. The van der Waals surface area contributed by atoms with E-state index in [-0.39, 0.29) is 28.7 Å². The minimum atomic E-state index is -4.06. The van der Waals surface area contributed by atoms with Crippen LogP contribution in [0, 0.1) is 0 Å². The highest BCUT2D eigenvalue weighted by molar-refractivity contribution is 8.13. The normalized spacial score (nSPS) is 12.1. The lowest BCUT2D eigenvalue weighted by Gasteiger charge is -2.11. The molecule has 120 valence electrons. The van der Waals surface area contributed by atoms with E-state index >= 15 is 0 Å². The SMILES string of the molecule is CCOCCS(=O)(=O)Nc1ccc(OC)c(S(=O)(=O)Cl)c1. The summed E-state index contributed by atoms with van der Waals surface area (Å²) in [6.07, 6.45) is 0. The number of hydrogen-bond donors (Lipinski definition) is 1. The average molecular weight is 358 g/mol. The van der Waals surface area contributed by atoms with Crippen molar-refractivity contribution < 1.29 is 26.3 Å². The molecule has 0 fully saturated rings. The fourth-order valence-electron chi connectivity index (χ4n) is 1.47. The van der Waals surface area contributed by atoms with Crippen LogP contribution in [0.3, 0.4) is 0 Å². The number of sulfonamides is 1. The molecule has 0 bridgehead atoms. The van der Waals surface area contributed by atoms with Gasteiger partial charge in [0.2, 0.25) is 10.0 Å². The molecule has 0 saturated heterocycles. The van der Waals surface area contributed by atoms with Crippen LogP contribution >= 0.6 is 10.7 Å². The highest BCUT2D eigenvalue weighted by Crippen LogP contribution is 2.30. The van der Waals surface area contributed by atoms with E-state index in [1.165, 1.54) is 19.2 Å². The van der Waals surface area contributed by atoms with Gasteiger partial charge in [0.15, 0.2) is 0 Å². The first-order valence-corrected chi connectivity index (χ1v) is 9.86. The van der Waals surface area contributed by atoms with Crippen molar-refractivity contribution in [1.29, 1.82) is 0 Å². The quantitative estimate of drug-likeness (QED) is 0.557. The van der Waals surface area contributed by atoms with Gasteiger partial charge in [-0.15, -0.1) is 0 Å². The van der Waals surface area contributed by atoms with Crippen LogP contribution in [0.25, 0.3) is 0 Å². The fourth-order valence-corrected chi connectivity index (χ4v) is 3.42. The molecule has 0 saturated carbocycles. The molecular formula is C11H16ClNO6S2. The summed E-state index contributed by atoms with van der Waals surface area (Å²) >= 11 is 0. The van der Waals surface area contributed by atoms with Crippen LogP contribution in [-0.2, 0) is 23.8 Å². The monoisotopic (exact) mass is 357 g/mol. The average Bonchev–Trinajstić information content (AvgIpc) is 2.37. The van der Waals surface area contributed by atoms with Crippen molar-refractivity contribution in [3.63, 3.8) is 0 Å². The minimum Gasteiger partial charge on any atom is -0.495 e. The lowest BCUT2D eigenvalue weighted by atomic mass is 10.3. The van der Waals surface area contributed by atoms with Crippen LogP contribution in [0.5, 0.6) is 5.75 Å². The van der Waals surface area contributed by atoms with Gasteiger partial charge in [0.05, 0.1) is 25.2 Å². The Labute approximate surface area is 128 Å². The van der Waals surface area contributed by atoms with E-state index in [2.05, 4.69) is 4.72 Å². The third-order valence-electron chi connectivity index (χ3n) is 2.40. The maximum absolute atomic E-state index is 11.8. The van der Waals surface area contributed by atoms with Gasteiger partial charge in [-0.1, -0.05) is 0 Å². The van der Waals surface area contributed by atoms with Crippen LogP contribution in [-0.4, -0.2) is 42.9 Å². The highest BCUT2D eigenvalue weighted by Gasteiger charge is 2.19. The predicted octanol–water partition coefficient (Wildman–Crippen LogP) is 1.40. The van der Waals surface area contributed by atoms with Crippen molar-refractivity contribution in [2.45, 2.75) is 11.8 Å². The van der Waals surface area contributed by atoms with Crippen molar-refractivity contribution >= 4 is 35.4 Å². The van der Waals surface area contributed by atoms with Crippen LogP contribution < -0.4 is 9.46 Å². The van der Waals surface area contributed by atoms with Crippen LogP contribution in [0.4, 0.5) is 5.69 Å². The van der Waals surface area contributed by atoms with E-state index < -0.39 is 19.1 Å². The Morgan fingerprint density at radius 2 is 1.90 bits per heavy atom. The molecule has 0 aliphatic carbocycles. The van der Waals surface area contributed by atoms with Crippen molar-refractivity contribution in [3.8, 4) is 5.75 Å². The molecule has 7 nitrogen and oxygen atoms in total. The first kappa shape index (κ1) is 18.0. The van der Waals surface area contributed by atoms with Crippen molar-refractivity contribution in [1.82, 2.24) is 0 Å². The zero-order valence-electron chi connectivity index (χ0n) is 11.5. The number of anilines is 1. The van der Waals surface area contributed by atoms with Crippen molar-refractivity contribution in [2.75, 3.05) is 30.8 Å². The standard InChI is InChI=1S/C11H16ClNO6S2/c1-3-19-6-7-20(14,15)13-9-4-5-10(18-2)11(8-9)21(12,16)17/h4-5,8,13H,3,6-7H2,1-2H3. The summed E-state index contributed by atoms with van der Waals surface area (Å²) in [5.74, 6) is -0.210. The molecule has 1 aromatic rings. The van der Waals surface area contributed by atoms with Gasteiger partial charge in [0.25, 0.3) is 9.05 Å². The van der Waals surface area contributed by atoms with Gasteiger partial charge in [0, 0.05) is 17.3 Å². The summed E-state index contributed by atoms with van der Waals surface area (Å²) in [4.78, 5) is -0.309. The predicted molar refractivity (Wildman–Crippen MR) is 79.9 cm³/mol. The highest BCUT2D eigenvalue weighted by atomic mass is 35.7. The number of ether oxygens (including phenoxy) is 2. The molecule has 0 unspecified atom stereocenters. The van der Waals surface area contributed by atoms with Gasteiger partial charge in [0.1, 0.15) is 10.6 Å². The molecule has 0 aliphatic heterocycles. The van der Waals surface area contributed by atoms with Gasteiger partial charge in [-0.3, -0.25) is 4.72 Å². The maximum atomic E-state index is 11.8. The summed E-state index contributed by atoms with van der Waals surface area (Å²) in [7, 11) is -1.13. The molecule has 0 spiro atoms. The Balaban J connectivity index is 3.00. The molecule has 0 atom stereocenters. The number of nitrogens with one attached hydrogen (secondary N) is 1. The number of benzene rings is 1. The molecule has 1 aromatic carbocycles. The van der Waals surface area contributed by atoms with Crippen molar-refractivity contribution in [2.24, 2.45) is 0 Å². The maximum Gasteiger partial charge on any atom is 0.265 e. The number of halogens is 1. The molecular weight excluding hydrogens is 342 g/mol. The Bertz CT molecular complexity index is 687. The zero-order valence-corrected chi connectivity index (χ0v) is 13.9. The first-order chi connectivity index (χ1) is 9.69. The Morgan fingerprint density at radius 3 is 2.43 bits per heavy atom. The summed E-state index contributed by atoms with van der Waals surface area (Å²) < 4.78 is 58.5. The summed E-state index contributed by atoms with van der Waals surface area (Å²) in [5, 5.41) is 0. The molecule has 10 heteroatoms. The van der Waals surface area contributed by atoms with Crippen molar-refractivity contribution in [3.05, 3.63) is 18.2 Å². The number of rotatable bonds is 8. The largest absolute Gasteiger partial charge is 0.495 e. The Morgan fingerprint density at radius 1 is 1.24 bits per heavy atom. The van der Waals surface area contributed by atoms with E-state index in [1.807, 2.05) is 0 Å². The fraction of sp³-hybridized carbons (Fsp3) is 0.455. The third kappa shape index (κ3) is 5.70. The van der Waals surface area contributed by atoms with E-state index in [9.17, 15) is 16.8 Å². The second kappa shape index (κ2) is 7.30. The molecule has 0 aromatic heterocycles. The first-order valence-electron chi connectivity index (χ1n) is 5.90. The van der Waals surface area contributed by atoms with E-state index in [0.29, 0.717) is 6.61 Å². The van der Waals surface area contributed by atoms with Crippen LogP contribution in [0.1, 0.15) is 6.92 Å². The van der Waals surface area contributed by atoms with E-state index in [0.717, 1.165) is 6.07 Å². The van der Waals surface area contributed by atoms with Gasteiger partial charge in [-0.05, 0) is 25.1 Å². The summed E-state index contributed by atoms with van der Waals surface area (Å²) in [6.45, 7) is 2.20. The van der Waals surface area contributed by atoms with Gasteiger partial charge in [-0.25, -0.2) is 16.8 Å². The van der Waals surface area contributed by atoms with Gasteiger partial charge < -0.3 is 9.47 Å². The minimum absolute atomic E-state index is 0.0299. The Kier molecular flexibility index (Phi) is 6.26. The molecule has 0 radical (unpaired) electrons. The molecule has 0 aliphatic rings. The van der Waals surface area contributed by atoms with Gasteiger partial charge in [-0.2, -0.15) is 0 Å². The summed E-state index contributed by atoms with van der Waals surface area (Å²) in [5.41, 5.74) is 0.0755. The zero-order chi connectivity index (χ0) is 16.1. The number of methoxy groups -OCH3 is 1. The van der Waals surface area contributed by atoms with E-state index in [1.54, 1.807) is 6.92 Å². The lowest BCUT2D eigenvalue weighted by molar-refractivity contribution is 0.163. The van der Waals surface area contributed by atoms with Crippen LogP contribution in [0.15, 0.2) is 23.1 Å². The van der Waals surface area contributed by atoms with Gasteiger partial charge >= 0.3 is 0 Å². The number of hydrogen-bond acceptors (Lipinski definition) is 6. The molecule has 1 N–H and O–H groups in total. The molecule has 0 heterocycles. The van der Waals surface area contributed by atoms with Crippen LogP contribution in [0.2, 0.25) is 0 Å². The van der Waals surface area contributed by atoms with E-state index in [4.69, 9.17) is 20.2 Å². The Hall–Kier alpha value is -1.03.